The zero-order valence-corrected chi connectivity index (χ0v) is 23.5. The lowest BCUT2D eigenvalue weighted by atomic mass is 10.00. The largest absolute Gasteiger partial charge is 0.336 e. The van der Waals surface area contributed by atoms with Crippen molar-refractivity contribution in [1.29, 1.82) is 0 Å². The summed E-state index contributed by atoms with van der Waals surface area (Å²) in [5, 5.41) is 7.20. The Balaban J connectivity index is 1.41. The molecule has 3 aliphatic rings. The van der Waals surface area contributed by atoms with E-state index >= 15 is 0 Å². The van der Waals surface area contributed by atoms with Gasteiger partial charge in [0.1, 0.15) is 12.2 Å². The van der Waals surface area contributed by atoms with Crippen LogP contribution in [0.15, 0.2) is 78.9 Å². The van der Waals surface area contributed by atoms with Crippen molar-refractivity contribution in [2.75, 3.05) is 26.2 Å². The van der Waals surface area contributed by atoms with E-state index in [0.717, 1.165) is 24.0 Å². The molecule has 40 heavy (non-hydrogen) atoms. The first-order valence-corrected chi connectivity index (χ1v) is 14.4. The molecule has 4 amide bonds. The fourth-order valence-electron chi connectivity index (χ4n) is 5.73. The number of nitrogens with one attached hydrogen (secondary N) is 1. The number of amides is 4. The normalized spacial score (nSPS) is 22.5. The number of rotatable bonds is 9. The minimum Gasteiger partial charge on any atom is -0.336 e. The second-order valence-electron chi connectivity index (χ2n) is 10.6. The number of piperazine rings is 1. The molecule has 5 rings (SSSR count). The van der Waals surface area contributed by atoms with Crippen molar-refractivity contribution in [3.63, 3.8) is 0 Å². The Morgan fingerprint density at radius 2 is 1.88 bits per heavy atom. The van der Waals surface area contributed by atoms with E-state index in [2.05, 4.69) is 17.5 Å². The standard InChI is InChI=1S/C31H36ClN5O3/c1-2-16-35(31(40)33-19-24-12-7-4-8-13-24)36-22-29(38)37-27(18-23-10-5-3-6-11-23)30(39)34(21-28(36)37)20-25-14-9-15-26(32)17-25/h3-12,14-15,17,24,27-28H,2,13,16,18-22H2,1H3,(H,33,40)/t24?,27-,28+/m0/s1. The Morgan fingerprint density at radius 1 is 1.07 bits per heavy atom. The molecule has 1 N–H and O–H groups in total. The molecule has 0 radical (unpaired) electrons. The van der Waals surface area contributed by atoms with Crippen molar-refractivity contribution >= 4 is 29.4 Å². The molecule has 0 spiro atoms. The zero-order valence-electron chi connectivity index (χ0n) is 22.8. The highest BCUT2D eigenvalue weighted by Crippen LogP contribution is 2.30. The first-order valence-electron chi connectivity index (χ1n) is 14.0. The van der Waals surface area contributed by atoms with Gasteiger partial charge < -0.3 is 15.1 Å². The fourth-order valence-corrected chi connectivity index (χ4v) is 5.95. The van der Waals surface area contributed by atoms with Gasteiger partial charge in [0.25, 0.3) is 0 Å². The molecular weight excluding hydrogens is 526 g/mol. The van der Waals surface area contributed by atoms with Gasteiger partial charge in [0.05, 0.1) is 13.1 Å². The van der Waals surface area contributed by atoms with E-state index < -0.39 is 12.2 Å². The van der Waals surface area contributed by atoms with Crippen LogP contribution in [0.5, 0.6) is 0 Å². The summed E-state index contributed by atoms with van der Waals surface area (Å²) in [6.07, 6.45) is 9.77. The minimum absolute atomic E-state index is 0.0493. The van der Waals surface area contributed by atoms with Gasteiger partial charge in [0.15, 0.2) is 0 Å². The smallest absolute Gasteiger partial charge is 0.332 e. The first kappa shape index (κ1) is 27.9. The summed E-state index contributed by atoms with van der Waals surface area (Å²) in [4.78, 5) is 44.4. The van der Waals surface area contributed by atoms with Crippen LogP contribution in [0.25, 0.3) is 0 Å². The molecule has 9 heteroatoms. The summed E-state index contributed by atoms with van der Waals surface area (Å²) in [6.45, 7) is 3.72. The lowest BCUT2D eigenvalue weighted by Gasteiger charge is -2.46. The number of nitrogens with zero attached hydrogens (tertiary/aromatic N) is 4. The summed E-state index contributed by atoms with van der Waals surface area (Å²) >= 11 is 6.24. The second kappa shape index (κ2) is 12.7. The van der Waals surface area contributed by atoms with Crippen LogP contribution >= 0.6 is 11.6 Å². The number of fused-ring (bicyclic) bond motifs is 1. The SMILES string of the molecule is CCCN(C(=O)NCC1C=CC=CC1)N1CC(=O)N2[C@@H](Cc3ccccc3)C(=O)N(Cc3cccc(Cl)c3)C[C@@H]21. The van der Waals surface area contributed by atoms with Crippen molar-refractivity contribution in [3.05, 3.63) is 95.1 Å². The van der Waals surface area contributed by atoms with Crippen LogP contribution in [0.3, 0.4) is 0 Å². The van der Waals surface area contributed by atoms with Gasteiger partial charge in [-0.2, -0.15) is 5.01 Å². The summed E-state index contributed by atoms with van der Waals surface area (Å²) in [7, 11) is 0. The molecule has 3 atom stereocenters. The highest BCUT2D eigenvalue weighted by Gasteiger charge is 2.52. The van der Waals surface area contributed by atoms with Gasteiger partial charge in [-0.3, -0.25) is 14.6 Å². The van der Waals surface area contributed by atoms with Crippen molar-refractivity contribution in [3.8, 4) is 0 Å². The first-order chi connectivity index (χ1) is 19.4. The Labute approximate surface area is 240 Å². The molecule has 8 nitrogen and oxygen atoms in total. The maximum atomic E-state index is 13.9. The molecule has 1 unspecified atom stereocenters. The van der Waals surface area contributed by atoms with Crippen LogP contribution < -0.4 is 5.32 Å². The van der Waals surface area contributed by atoms with Crippen LogP contribution in [-0.2, 0) is 22.6 Å². The van der Waals surface area contributed by atoms with Crippen LogP contribution in [0.1, 0.15) is 30.9 Å². The van der Waals surface area contributed by atoms with Crippen molar-refractivity contribution < 1.29 is 14.4 Å². The maximum Gasteiger partial charge on any atom is 0.332 e. The van der Waals surface area contributed by atoms with E-state index in [9.17, 15) is 14.4 Å². The summed E-state index contributed by atoms with van der Waals surface area (Å²) in [5.74, 6) is -0.000249. The predicted octanol–water partition coefficient (Wildman–Crippen LogP) is 4.23. The third kappa shape index (κ3) is 6.24. The zero-order chi connectivity index (χ0) is 28.1. The number of urea groups is 1. The average molecular weight is 562 g/mol. The van der Waals surface area contributed by atoms with Crippen LogP contribution in [-0.4, -0.2) is 76.0 Å². The van der Waals surface area contributed by atoms with E-state index in [4.69, 9.17) is 11.6 Å². The highest BCUT2D eigenvalue weighted by atomic mass is 35.5. The molecule has 1 aliphatic carbocycles. The van der Waals surface area contributed by atoms with Crippen molar-refractivity contribution in [2.24, 2.45) is 5.92 Å². The van der Waals surface area contributed by atoms with E-state index in [1.165, 1.54) is 0 Å². The topological polar surface area (TPSA) is 76.2 Å². The number of benzene rings is 2. The van der Waals surface area contributed by atoms with Gasteiger partial charge in [0, 0.05) is 31.1 Å². The number of carbonyl (C=O) groups excluding carboxylic acids is 3. The minimum atomic E-state index is -0.663. The van der Waals surface area contributed by atoms with Gasteiger partial charge in [0.2, 0.25) is 11.8 Å². The van der Waals surface area contributed by atoms with E-state index in [0.29, 0.717) is 37.6 Å². The lowest BCUT2D eigenvalue weighted by molar-refractivity contribution is -0.157. The molecule has 2 aromatic rings. The second-order valence-corrected chi connectivity index (χ2v) is 11.0. The summed E-state index contributed by atoms with van der Waals surface area (Å²) < 4.78 is 0. The Bertz CT molecular complexity index is 1280. The van der Waals surface area contributed by atoms with Gasteiger partial charge in [-0.15, -0.1) is 0 Å². The quantitative estimate of drug-likeness (QED) is 0.497. The number of allylic oxidation sites excluding steroid dienone is 3. The maximum absolute atomic E-state index is 13.9. The van der Waals surface area contributed by atoms with Crippen LogP contribution in [0.4, 0.5) is 4.79 Å². The Hall–Kier alpha value is -3.62. The van der Waals surface area contributed by atoms with Gasteiger partial charge >= 0.3 is 6.03 Å². The third-order valence-corrected chi connectivity index (χ3v) is 7.90. The number of carbonyl (C=O) groups is 3. The molecule has 0 saturated carbocycles. The van der Waals surface area contributed by atoms with Gasteiger partial charge in [-0.05, 0) is 42.0 Å². The van der Waals surface area contributed by atoms with E-state index in [1.807, 2.05) is 72.6 Å². The molecule has 2 fully saturated rings. The number of halogens is 1. The molecule has 2 heterocycles. The summed E-state index contributed by atoms with van der Waals surface area (Å²) in [5.41, 5.74) is 1.90. The number of hydrogen-bond acceptors (Lipinski definition) is 4. The fraction of sp³-hybridized carbons (Fsp3) is 0.387. The molecule has 210 valence electrons. The molecule has 2 aromatic carbocycles. The highest BCUT2D eigenvalue weighted by molar-refractivity contribution is 6.30. The Morgan fingerprint density at radius 3 is 2.60 bits per heavy atom. The monoisotopic (exact) mass is 561 g/mol. The molecular formula is C31H36ClN5O3. The predicted molar refractivity (Wildman–Crippen MR) is 155 cm³/mol. The Kier molecular flexibility index (Phi) is 8.87. The number of hydrogen-bond donors (Lipinski definition) is 1. The van der Waals surface area contributed by atoms with Gasteiger partial charge in [-0.25, -0.2) is 4.79 Å². The summed E-state index contributed by atoms with van der Waals surface area (Å²) in [6, 6.07) is 16.4. The van der Waals surface area contributed by atoms with Gasteiger partial charge in [-0.1, -0.05) is 85.3 Å². The average Bonchev–Trinajstić information content (AvgIpc) is 3.29. The van der Waals surface area contributed by atoms with Crippen LogP contribution in [0, 0.1) is 5.92 Å². The van der Waals surface area contributed by atoms with Crippen LogP contribution in [0.2, 0.25) is 5.02 Å². The molecule has 0 aromatic heterocycles. The van der Waals surface area contributed by atoms with Crippen molar-refractivity contribution in [2.45, 2.75) is 44.9 Å². The molecule has 2 aliphatic heterocycles. The molecule has 0 bridgehead atoms. The van der Waals surface area contributed by atoms with Crippen molar-refractivity contribution in [1.82, 2.24) is 25.1 Å². The number of hydrazine groups is 1. The lowest BCUT2D eigenvalue weighted by Crippen LogP contribution is -2.66. The third-order valence-electron chi connectivity index (χ3n) is 7.67. The van der Waals surface area contributed by atoms with E-state index in [1.54, 1.807) is 20.9 Å². The van der Waals surface area contributed by atoms with E-state index in [-0.39, 0.29) is 30.3 Å². The molecule has 2 saturated heterocycles.